The number of aryl methyl sites for hydroxylation is 2. The monoisotopic (exact) mass is 333 g/mol. The molecular weight excluding hydrogens is 314 g/mol. The number of carbonyl (C=O) groups is 1. The molecule has 0 bridgehead atoms. The predicted molar refractivity (Wildman–Crippen MR) is 96.1 cm³/mol. The molecule has 3 aromatic rings. The molecule has 0 atom stereocenters. The maximum absolute atomic E-state index is 11.8. The minimum Gasteiger partial charge on any atom is -0.458 e. The van der Waals surface area contributed by atoms with Crippen molar-refractivity contribution in [2.75, 3.05) is 0 Å². The van der Waals surface area contributed by atoms with Crippen molar-refractivity contribution >= 4 is 12.0 Å². The summed E-state index contributed by atoms with van der Waals surface area (Å²) in [7, 11) is 0. The summed E-state index contributed by atoms with van der Waals surface area (Å²) in [5.74, 6) is -0.376. The van der Waals surface area contributed by atoms with Crippen LogP contribution in [0.1, 0.15) is 22.5 Å². The minimum absolute atomic E-state index is 0.233. The molecule has 0 N–H and O–H groups in total. The molecule has 126 valence electrons. The summed E-state index contributed by atoms with van der Waals surface area (Å²) in [5.41, 5.74) is 4.88. The second kappa shape index (κ2) is 7.57. The molecule has 0 fully saturated rings. The van der Waals surface area contributed by atoms with Crippen LogP contribution in [0.2, 0.25) is 0 Å². The zero-order valence-corrected chi connectivity index (χ0v) is 14.2. The van der Waals surface area contributed by atoms with Gasteiger partial charge in [-0.15, -0.1) is 0 Å². The Balaban J connectivity index is 1.58. The average Bonchev–Trinajstić information content (AvgIpc) is 2.98. The van der Waals surface area contributed by atoms with Crippen LogP contribution in [0.15, 0.2) is 60.9 Å². The summed E-state index contributed by atoms with van der Waals surface area (Å²) in [6, 6.07) is 13.5. The maximum atomic E-state index is 11.8. The van der Waals surface area contributed by atoms with Crippen LogP contribution in [0.3, 0.4) is 0 Å². The van der Waals surface area contributed by atoms with Gasteiger partial charge in [0.1, 0.15) is 6.61 Å². The largest absolute Gasteiger partial charge is 0.458 e. The molecule has 0 aliphatic heterocycles. The van der Waals surface area contributed by atoms with Crippen LogP contribution in [0.5, 0.6) is 0 Å². The fourth-order valence-corrected chi connectivity index (χ4v) is 2.47. The van der Waals surface area contributed by atoms with Gasteiger partial charge in [-0.2, -0.15) is 5.10 Å². The van der Waals surface area contributed by atoms with Crippen LogP contribution >= 0.6 is 0 Å². The third kappa shape index (κ3) is 4.41. The van der Waals surface area contributed by atoms with E-state index in [9.17, 15) is 4.79 Å². The first-order valence-electron chi connectivity index (χ1n) is 7.99. The SMILES string of the molecule is Cc1cc(C)n(-c2ccc(COC(=O)C=Cc3ccncc3)cc2)n1. The molecule has 0 spiro atoms. The van der Waals surface area contributed by atoms with E-state index in [-0.39, 0.29) is 12.6 Å². The molecule has 0 amide bonds. The van der Waals surface area contributed by atoms with Crippen LogP contribution in [0, 0.1) is 13.8 Å². The molecule has 2 aromatic heterocycles. The van der Waals surface area contributed by atoms with E-state index >= 15 is 0 Å². The Hall–Kier alpha value is -3.21. The first-order valence-corrected chi connectivity index (χ1v) is 7.99. The zero-order chi connectivity index (χ0) is 17.6. The number of rotatable bonds is 5. The van der Waals surface area contributed by atoms with Gasteiger partial charge >= 0.3 is 5.97 Å². The number of nitrogens with zero attached hydrogens (tertiary/aromatic N) is 3. The highest BCUT2D eigenvalue weighted by Gasteiger charge is 2.04. The van der Waals surface area contributed by atoms with Crippen LogP contribution in [-0.2, 0) is 16.1 Å². The van der Waals surface area contributed by atoms with E-state index in [1.54, 1.807) is 18.5 Å². The molecule has 0 unspecified atom stereocenters. The van der Waals surface area contributed by atoms with Gasteiger partial charge in [-0.1, -0.05) is 12.1 Å². The van der Waals surface area contributed by atoms with Gasteiger partial charge < -0.3 is 4.74 Å². The van der Waals surface area contributed by atoms with Crippen molar-refractivity contribution < 1.29 is 9.53 Å². The van der Waals surface area contributed by atoms with Crippen molar-refractivity contribution in [2.45, 2.75) is 20.5 Å². The highest BCUT2D eigenvalue weighted by Crippen LogP contribution is 2.13. The third-order valence-corrected chi connectivity index (χ3v) is 3.69. The van der Waals surface area contributed by atoms with Gasteiger partial charge in [0.2, 0.25) is 0 Å². The molecule has 0 saturated heterocycles. The topological polar surface area (TPSA) is 57.0 Å². The first-order chi connectivity index (χ1) is 12.1. The normalized spacial score (nSPS) is 11.0. The fraction of sp³-hybridized carbons (Fsp3) is 0.150. The summed E-state index contributed by atoms with van der Waals surface area (Å²) in [6.45, 7) is 4.22. The summed E-state index contributed by atoms with van der Waals surface area (Å²) in [5, 5.41) is 4.46. The Bertz CT molecular complexity index is 881. The lowest BCUT2D eigenvalue weighted by atomic mass is 10.2. The van der Waals surface area contributed by atoms with E-state index in [1.807, 2.05) is 61.0 Å². The molecule has 0 aliphatic carbocycles. The van der Waals surface area contributed by atoms with Gasteiger partial charge in [0, 0.05) is 24.2 Å². The molecule has 3 rings (SSSR count). The smallest absolute Gasteiger partial charge is 0.331 e. The highest BCUT2D eigenvalue weighted by molar-refractivity contribution is 5.86. The van der Waals surface area contributed by atoms with E-state index in [0.29, 0.717) is 0 Å². The molecule has 0 saturated carbocycles. The van der Waals surface area contributed by atoms with E-state index in [2.05, 4.69) is 10.1 Å². The molecule has 5 nitrogen and oxygen atoms in total. The number of ether oxygens (including phenoxy) is 1. The van der Waals surface area contributed by atoms with Gasteiger partial charge in [-0.05, 0) is 61.4 Å². The summed E-state index contributed by atoms with van der Waals surface area (Å²) in [4.78, 5) is 15.7. The van der Waals surface area contributed by atoms with Crippen LogP contribution in [0.4, 0.5) is 0 Å². The van der Waals surface area contributed by atoms with Gasteiger partial charge in [0.05, 0.1) is 11.4 Å². The van der Waals surface area contributed by atoms with Crippen molar-refractivity contribution in [1.82, 2.24) is 14.8 Å². The second-order valence-electron chi connectivity index (χ2n) is 5.73. The fourth-order valence-electron chi connectivity index (χ4n) is 2.47. The Morgan fingerprint density at radius 2 is 1.84 bits per heavy atom. The number of carbonyl (C=O) groups excluding carboxylic acids is 1. The third-order valence-electron chi connectivity index (χ3n) is 3.69. The van der Waals surface area contributed by atoms with Crippen molar-refractivity contribution in [1.29, 1.82) is 0 Å². The van der Waals surface area contributed by atoms with Crippen molar-refractivity contribution in [3.63, 3.8) is 0 Å². The van der Waals surface area contributed by atoms with E-state index in [1.165, 1.54) is 6.08 Å². The molecule has 1 aromatic carbocycles. The molecule has 0 radical (unpaired) electrons. The minimum atomic E-state index is -0.376. The molecule has 25 heavy (non-hydrogen) atoms. The Morgan fingerprint density at radius 3 is 2.48 bits per heavy atom. The van der Waals surface area contributed by atoms with Gasteiger partial charge in [-0.25, -0.2) is 9.48 Å². The number of aromatic nitrogens is 3. The number of hydrogen-bond donors (Lipinski definition) is 0. The van der Waals surface area contributed by atoms with Crippen molar-refractivity contribution in [3.8, 4) is 5.69 Å². The number of esters is 1. The van der Waals surface area contributed by atoms with E-state index in [0.717, 1.165) is 28.2 Å². The predicted octanol–water partition coefficient (Wildman–Crippen LogP) is 3.64. The quantitative estimate of drug-likeness (QED) is 0.528. The lowest BCUT2D eigenvalue weighted by molar-refractivity contribution is -0.138. The summed E-state index contributed by atoms with van der Waals surface area (Å²) >= 11 is 0. The Morgan fingerprint density at radius 1 is 1.12 bits per heavy atom. The first kappa shape index (κ1) is 16.6. The molecule has 5 heteroatoms. The molecule has 2 heterocycles. The number of hydrogen-bond acceptors (Lipinski definition) is 4. The lowest BCUT2D eigenvalue weighted by Gasteiger charge is -2.06. The highest BCUT2D eigenvalue weighted by atomic mass is 16.5. The molecule has 0 aliphatic rings. The van der Waals surface area contributed by atoms with Crippen LogP contribution < -0.4 is 0 Å². The second-order valence-corrected chi connectivity index (χ2v) is 5.73. The number of pyridine rings is 1. The Kier molecular flexibility index (Phi) is 5.04. The van der Waals surface area contributed by atoms with Crippen LogP contribution in [0.25, 0.3) is 11.8 Å². The van der Waals surface area contributed by atoms with Crippen molar-refractivity contribution in [3.05, 3.63) is 83.4 Å². The van der Waals surface area contributed by atoms with Gasteiger partial charge in [0.15, 0.2) is 0 Å². The molecular formula is C20H19N3O2. The standard InChI is InChI=1S/C20H19N3O2/c1-15-13-16(2)23(22-15)19-6-3-18(4-7-19)14-25-20(24)8-5-17-9-11-21-12-10-17/h3-13H,14H2,1-2H3. The average molecular weight is 333 g/mol. The lowest BCUT2D eigenvalue weighted by Crippen LogP contribution is -2.02. The number of benzene rings is 1. The van der Waals surface area contributed by atoms with Crippen molar-refractivity contribution in [2.24, 2.45) is 0 Å². The van der Waals surface area contributed by atoms with Crippen LogP contribution in [-0.4, -0.2) is 20.7 Å². The summed E-state index contributed by atoms with van der Waals surface area (Å²) < 4.78 is 7.15. The Labute approximate surface area is 146 Å². The summed E-state index contributed by atoms with van der Waals surface area (Å²) in [6.07, 6.45) is 6.47. The van der Waals surface area contributed by atoms with Gasteiger partial charge in [0.25, 0.3) is 0 Å². The van der Waals surface area contributed by atoms with Gasteiger partial charge in [-0.3, -0.25) is 4.98 Å². The van der Waals surface area contributed by atoms with E-state index in [4.69, 9.17) is 4.74 Å². The van der Waals surface area contributed by atoms with E-state index < -0.39 is 0 Å². The zero-order valence-electron chi connectivity index (χ0n) is 14.2. The maximum Gasteiger partial charge on any atom is 0.331 e.